The molecule has 2 aromatic rings. The maximum absolute atomic E-state index is 14.7. The van der Waals surface area contributed by atoms with Crippen molar-refractivity contribution in [3.8, 4) is 17.2 Å². The van der Waals surface area contributed by atoms with Crippen molar-refractivity contribution in [3.63, 3.8) is 0 Å². The molecule has 0 aromatic heterocycles. The van der Waals surface area contributed by atoms with Crippen molar-refractivity contribution in [3.05, 3.63) is 53.1 Å². The van der Waals surface area contributed by atoms with Gasteiger partial charge in [0.1, 0.15) is 22.9 Å². The SMILES string of the molecule is CCCC1CCC(c2cc(F)c(C(F)(F)Oc3ccc4c(c3)OC(F)(F)O4)c(F)c2)CC1. The van der Waals surface area contributed by atoms with Gasteiger partial charge in [-0.25, -0.2) is 8.78 Å². The molecule has 0 amide bonds. The molecule has 1 aliphatic heterocycles. The van der Waals surface area contributed by atoms with Crippen LogP contribution in [0.2, 0.25) is 0 Å². The third-order valence-electron chi connectivity index (χ3n) is 5.99. The molecule has 9 heteroatoms. The summed E-state index contributed by atoms with van der Waals surface area (Å²) in [7, 11) is 0. The number of hydrogen-bond donors (Lipinski definition) is 0. The number of alkyl halides is 4. The Morgan fingerprint density at radius 1 is 0.969 bits per heavy atom. The van der Waals surface area contributed by atoms with Gasteiger partial charge < -0.3 is 14.2 Å². The van der Waals surface area contributed by atoms with Gasteiger partial charge in [-0.3, -0.25) is 0 Å². The van der Waals surface area contributed by atoms with E-state index < -0.39 is 41.1 Å². The lowest BCUT2D eigenvalue weighted by Gasteiger charge is -2.29. The van der Waals surface area contributed by atoms with Crippen molar-refractivity contribution >= 4 is 0 Å². The van der Waals surface area contributed by atoms with E-state index in [1.165, 1.54) is 0 Å². The van der Waals surface area contributed by atoms with Crippen molar-refractivity contribution in [2.45, 2.75) is 63.8 Å². The van der Waals surface area contributed by atoms with Gasteiger partial charge in [-0.1, -0.05) is 19.8 Å². The first-order valence-electron chi connectivity index (χ1n) is 10.5. The van der Waals surface area contributed by atoms with Gasteiger partial charge in [0.05, 0.1) is 0 Å². The molecule has 2 aromatic carbocycles. The molecule has 0 N–H and O–H groups in total. The molecule has 1 heterocycles. The molecule has 1 aliphatic carbocycles. The minimum Gasteiger partial charge on any atom is -0.429 e. The zero-order valence-corrected chi connectivity index (χ0v) is 17.3. The molecule has 0 bridgehead atoms. The molecule has 0 radical (unpaired) electrons. The predicted molar refractivity (Wildman–Crippen MR) is 103 cm³/mol. The van der Waals surface area contributed by atoms with Gasteiger partial charge in [0.25, 0.3) is 0 Å². The summed E-state index contributed by atoms with van der Waals surface area (Å²) in [5.41, 5.74) is -1.19. The van der Waals surface area contributed by atoms with E-state index in [0.29, 0.717) is 11.5 Å². The Labute approximate surface area is 181 Å². The summed E-state index contributed by atoms with van der Waals surface area (Å²) in [5, 5.41) is 0. The molecule has 4 rings (SSSR count). The fourth-order valence-corrected chi connectivity index (χ4v) is 4.49. The molecule has 174 valence electrons. The monoisotopic (exact) mass is 460 g/mol. The topological polar surface area (TPSA) is 27.7 Å². The molecule has 0 atom stereocenters. The Balaban J connectivity index is 1.52. The summed E-state index contributed by atoms with van der Waals surface area (Å²) in [6, 6.07) is 4.45. The van der Waals surface area contributed by atoms with Crippen LogP contribution in [0.4, 0.5) is 26.3 Å². The highest BCUT2D eigenvalue weighted by molar-refractivity contribution is 5.47. The van der Waals surface area contributed by atoms with Crippen LogP contribution in [0.5, 0.6) is 17.2 Å². The van der Waals surface area contributed by atoms with Crippen LogP contribution in [0.15, 0.2) is 30.3 Å². The normalized spacial score (nSPS) is 22.1. The fraction of sp³-hybridized carbons (Fsp3) is 0.478. The van der Waals surface area contributed by atoms with E-state index in [1.807, 2.05) is 0 Å². The summed E-state index contributed by atoms with van der Waals surface area (Å²) in [6.45, 7) is 2.11. The van der Waals surface area contributed by atoms with Crippen LogP contribution in [0.3, 0.4) is 0 Å². The molecule has 3 nitrogen and oxygen atoms in total. The minimum atomic E-state index is -4.39. The third-order valence-corrected chi connectivity index (χ3v) is 5.99. The number of rotatable bonds is 6. The largest absolute Gasteiger partial charge is 0.586 e. The second-order valence-electron chi connectivity index (χ2n) is 8.26. The molecule has 1 fully saturated rings. The van der Waals surface area contributed by atoms with Gasteiger partial charge in [0.2, 0.25) is 0 Å². The highest BCUT2D eigenvalue weighted by Crippen LogP contribution is 2.45. The smallest absolute Gasteiger partial charge is 0.429 e. The van der Waals surface area contributed by atoms with E-state index >= 15 is 0 Å². The first-order chi connectivity index (χ1) is 15.1. The van der Waals surface area contributed by atoms with E-state index in [-0.39, 0.29) is 11.7 Å². The number of halogens is 6. The van der Waals surface area contributed by atoms with Crippen molar-refractivity contribution in [1.82, 2.24) is 0 Å². The zero-order valence-electron chi connectivity index (χ0n) is 17.3. The van der Waals surface area contributed by atoms with E-state index in [0.717, 1.165) is 68.9 Å². The van der Waals surface area contributed by atoms with E-state index in [2.05, 4.69) is 21.1 Å². The van der Waals surface area contributed by atoms with Gasteiger partial charge in [0, 0.05) is 6.07 Å². The lowest BCUT2D eigenvalue weighted by molar-refractivity contribution is -0.286. The van der Waals surface area contributed by atoms with Gasteiger partial charge in [-0.2, -0.15) is 8.78 Å². The summed E-state index contributed by atoms with van der Waals surface area (Å²) in [4.78, 5) is 0. The molecule has 0 saturated heterocycles. The molecule has 32 heavy (non-hydrogen) atoms. The van der Waals surface area contributed by atoms with E-state index in [4.69, 9.17) is 0 Å². The Hall–Kier alpha value is -2.58. The quantitative estimate of drug-likeness (QED) is 0.418. The Morgan fingerprint density at radius 3 is 2.22 bits per heavy atom. The molecular weight excluding hydrogens is 438 g/mol. The van der Waals surface area contributed by atoms with Crippen LogP contribution in [-0.2, 0) is 6.11 Å². The summed E-state index contributed by atoms with van der Waals surface area (Å²) < 4.78 is 97.6. The summed E-state index contributed by atoms with van der Waals surface area (Å²) in [6.07, 6.45) is -2.77. The van der Waals surface area contributed by atoms with E-state index in [9.17, 15) is 26.3 Å². The third kappa shape index (κ3) is 4.61. The number of fused-ring (bicyclic) bond motifs is 1. The van der Waals surface area contributed by atoms with Crippen LogP contribution < -0.4 is 14.2 Å². The lowest BCUT2D eigenvalue weighted by atomic mass is 9.77. The fourth-order valence-electron chi connectivity index (χ4n) is 4.49. The van der Waals surface area contributed by atoms with Crippen LogP contribution in [0.25, 0.3) is 0 Å². The highest BCUT2D eigenvalue weighted by Gasteiger charge is 2.45. The highest BCUT2D eigenvalue weighted by atomic mass is 19.3. The number of hydrogen-bond acceptors (Lipinski definition) is 3. The number of ether oxygens (including phenoxy) is 3. The Kier molecular flexibility index (Phi) is 5.94. The second-order valence-corrected chi connectivity index (χ2v) is 8.26. The number of benzene rings is 2. The van der Waals surface area contributed by atoms with Crippen LogP contribution in [0.1, 0.15) is 62.5 Å². The minimum absolute atomic E-state index is 0.0915. The van der Waals surface area contributed by atoms with Crippen LogP contribution >= 0.6 is 0 Å². The van der Waals surface area contributed by atoms with Gasteiger partial charge >= 0.3 is 12.4 Å². The van der Waals surface area contributed by atoms with Crippen molar-refractivity contribution in [2.75, 3.05) is 0 Å². The molecule has 1 saturated carbocycles. The first kappa shape index (κ1) is 22.6. The summed E-state index contributed by atoms with van der Waals surface area (Å²) in [5.74, 6) is -3.87. The average molecular weight is 460 g/mol. The first-order valence-corrected chi connectivity index (χ1v) is 10.5. The predicted octanol–water partition coefficient (Wildman–Crippen LogP) is 7.49. The van der Waals surface area contributed by atoms with E-state index in [1.54, 1.807) is 0 Å². The van der Waals surface area contributed by atoms with Crippen molar-refractivity contribution in [1.29, 1.82) is 0 Å². The Morgan fingerprint density at radius 2 is 1.59 bits per heavy atom. The van der Waals surface area contributed by atoms with Gasteiger partial charge in [0.15, 0.2) is 11.5 Å². The maximum Gasteiger partial charge on any atom is 0.586 e. The van der Waals surface area contributed by atoms with Gasteiger partial charge in [-0.15, -0.1) is 8.78 Å². The van der Waals surface area contributed by atoms with Crippen LogP contribution in [-0.4, -0.2) is 6.29 Å². The van der Waals surface area contributed by atoms with Gasteiger partial charge in [-0.05, 0) is 67.3 Å². The maximum atomic E-state index is 14.7. The Bertz CT molecular complexity index is 963. The van der Waals surface area contributed by atoms with Crippen molar-refractivity contribution in [2.24, 2.45) is 5.92 Å². The molecule has 2 aliphatic rings. The van der Waals surface area contributed by atoms with Crippen LogP contribution in [0, 0.1) is 17.6 Å². The summed E-state index contributed by atoms with van der Waals surface area (Å²) >= 11 is 0. The average Bonchev–Trinajstić information content (AvgIpc) is 3.00. The second kappa shape index (κ2) is 8.41. The lowest BCUT2D eigenvalue weighted by Crippen LogP contribution is -2.26. The van der Waals surface area contributed by atoms with Crippen molar-refractivity contribution < 1.29 is 40.6 Å². The molecule has 0 unspecified atom stereocenters. The standard InChI is InChI=1S/C23H22F6O3/c1-2-3-13-4-6-14(7-5-13)15-10-17(24)21(18(25)11-15)22(26,27)30-16-8-9-19-20(12-16)32-23(28,29)31-19/h8-14H,2-7H2,1H3. The zero-order chi connectivity index (χ0) is 23.1. The molecule has 0 spiro atoms. The molecular formula is C23H22F6O3.